The van der Waals surface area contributed by atoms with Crippen molar-refractivity contribution in [2.24, 2.45) is 0 Å². The summed E-state index contributed by atoms with van der Waals surface area (Å²) in [4.78, 5) is 26.3. The molecule has 6 heteroatoms. The zero-order valence-corrected chi connectivity index (χ0v) is 16.6. The van der Waals surface area contributed by atoms with Crippen LogP contribution in [0.1, 0.15) is 46.1 Å². The Kier molecular flexibility index (Phi) is 6.61. The van der Waals surface area contributed by atoms with Crippen molar-refractivity contribution >= 4 is 11.9 Å². The molecule has 0 bridgehead atoms. The zero-order valence-electron chi connectivity index (χ0n) is 16.6. The lowest BCUT2D eigenvalue weighted by molar-refractivity contribution is -0.158. The minimum Gasteiger partial charge on any atom is -0.459 e. The van der Waals surface area contributed by atoms with Crippen LogP contribution in [0.4, 0.5) is 0 Å². The van der Waals surface area contributed by atoms with Gasteiger partial charge in [-0.3, -0.25) is 14.9 Å². The highest BCUT2D eigenvalue weighted by Gasteiger charge is 2.44. The van der Waals surface area contributed by atoms with Crippen molar-refractivity contribution in [1.82, 2.24) is 10.2 Å². The Morgan fingerprint density at radius 2 is 2.04 bits per heavy atom. The molecule has 1 saturated heterocycles. The Hall–Kier alpha value is -2.39. The Morgan fingerprint density at radius 1 is 1.37 bits per heavy atom. The van der Waals surface area contributed by atoms with Crippen molar-refractivity contribution in [2.45, 2.75) is 64.1 Å². The van der Waals surface area contributed by atoms with Crippen molar-refractivity contribution in [3.63, 3.8) is 0 Å². The second-order valence-corrected chi connectivity index (χ2v) is 8.25. The van der Waals surface area contributed by atoms with Gasteiger partial charge in [-0.1, -0.05) is 30.3 Å². The van der Waals surface area contributed by atoms with Gasteiger partial charge in [0.25, 0.3) is 0 Å². The molecule has 0 aliphatic carbocycles. The van der Waals surface area contributed by atoms with Crippen LogP contribution in [-0.4, -0.2) is 47.0 Å². The van der Waals surface area contributed by atoms with Gasteiger partial charge >= 0.3 is 5.97 Å². The van der Waals surface area contributed by atoms with Crippen LogP contribution in [0.3, 0.4) is 0 Å². The van der Waals surface area contributed by atoms with Crippen molar-refractivity contribution in [1.29, 1.82) is 5.26 Å². The number of nitrogens with zero attached hydrogens (tertiary/aromatic N) is 2. The molecule has 27 heavy (non-hydrogen) atoms. The first-order valence-corrected chi connectivity index (χ1v) is 9.35. The molecule has 1 aromatic carbocycles. The van der Waals surface area contributed by atoms with E-state index in [0.29, 0.717) is 19.4 Å². The first kappa shape index (κ1) is 20.9. The van der Waals surface area contributed by atoms with E-state index in [1.807, 2.05) is 30.3 Å². The average molecular weight is 371 g/mol. The topological polar surface area (TPSA) is 82.4 Å². The molecule has 1 heterocycles. The summed E-state index contributed by atoms with van der Waals surface area (Å²) in [7, 11) is 0. The lowest BCUT2D eigenvalue weighted by Gasteiger charge is -2.28. The summed E-state index contributed by atoms with van der Waals surface area (Å²) in [5, 5.41) is 12.7. The summed E-state index contributed by atoms with van der Waals surface area (Å²) in [6.07, 6.45) is 1.94. The molecule has 1 fully saturated rings. The van der Waals surface area contributed by atoms with E-state index in [2.05, 4.69) is 11.4 Å². The third kappa shape index (κ3) is 6.07. The van der Waals surface area contributed by atoms with E-state index in [1.165, 1.54) is 4.90 Å². The van der Waals surface area contributed by atoms with Gasteiger partial charge in [-0.2, -0.15) is 5.26 Å². The van der Waals surface area contributed by atoms with Crippen LogP contribution in [0.5, 0.6) is 0 Å². The third-order valence-corrected chi connectivity index (χ3v) is 4.59. The molecule has 2 atom stereocenters. The Balaban J connectivity index is 1.92. The van der Waals surface area contributed by atoms with Gasteiger partial charge in [0.2, 0.25) is 5.91 Å². The summed E-state index contributed by atoms with van der Waals surface area (Å²) in [6, 6.07) is 11.8. The van der Waals surface area contributed by atoms with Crippen molar-refractivity contribution < 1.29 is 14.3 Å². The maximum absolute atomic E-state index is 12.8. The number of amides is 1. The lowest BCUT2D eigenvalue weighted by atomic mass is 9.97. The van der Waals surface area contributed by atoms with E-state index in [4.69, 9.17) is 4.74 Å². The number of ether oxygens (including phenoxy) is 1. The van der Waals surface area contributed by atoms with Crippen LogP contribution < -0.4 is 5.32 Å². The number of likely N-dealkylation sites (tertiary alicyclic amines) is 1. The summed E-state index contributed by atoms with van der Waals surface area (Å²) in [6.45, 7) is 7.61. The monoisotopic (exact) mass is 371 g/mol. The highest BCUT2D eigenvalue weighted by Crippen LogP contribution is 2.24. The predicted octanol–water partition coefficient (Wildman–Crippen LogP) is 2.43. The summed E-state index contributed by atoms with van der Waals surface area (Å²) >= 11 is 0. The minimum atomic E-state index is -0.834. The molecule has 2 unspecified atom stereocenters. The van der Waals surface area contributed by atoms with Crippen LogP contribution >= 0.6 is 0 Å². The first-order chi connectivity index (χ1) is 12.6. The van der Waals surface area contributed by atoms with Gasteiger partial charge in [0.05, 0.1) is 17.6 Å². The van der Waals surface area contributed by atoms with E-state index >= 15 is 0 Å². The molecular weight excluding hydrogens is 342 g/mol. The second-order valence-electron chi connectivity index (χ2n) is 8.25. The molecule has 146 valence electrons. The Labute approximate surface area is 161 Å². The molecular formula is C21H29N3O3. The highest BCUT2D eigenvalue weighted by molar-refractivity contribution is 5.91. The van der Waals surface area contributed by atoms with Gasteiger partial charge in [-0.25, -0.2) is 0 Å². The van der Waals surface area contributed by atoms with E-state index in [0.717, 1.165) is 12.0 Å². The van der Waals surface area contributed by atoms with E-state index in [-0.39, 0.29) is 12.5 Å². The molecule has 1 aliphatic heterocycles. The number of benzene rings is 1. The van der Waals surface area contributed by atoms with Gasteiger partial charge in [0, 0.05) is 6.54 Å². The molecule has 0 radical (unpaired) electrons. The van der Waals surface area contributed by atoms with Crippen molar-refractivity contribution in [3.8, 4) is 6.07 Å². The van der Waals surface area contributed by atoms with Gasteiger partial charge in [0.15, 0.2) is 0 Å². The fourth-order valence-electron chi connectivity index (χ4n) is 3.24. The second kappa shape index (κ2) is 8.53. The molecule has 1 N–H and O–H groups in total. The molecule has 0 aromatic heterocycles. The average Bonchev–Trinajstić information content (AvgIpc) is 2.86. The normalized spacial score (nSPS) is 21.0. The largest absolute Gasteiger partial charge is 0.459 e. The number of hydrogen-bond acceptors (Lipinski definition) is 5. The zero-order chi connectivity index (χ0) is 20.1. The molecule has 0 spiro atoms. The number of nitriles is 1. The predicted molar refractivity (Wildman–Crippen MR) is 103 cm³/mol. The number of carbonyl (C=O) groups is 2. The molecule has 1 amide bonds. The minimum absolute atomic E-state index is 0.0609. The van der Waals surface area contributed by atoms with E-state index in [1.54, 1.807) is 27.7 Å². The summed E-state index contributed by atoms with van der Waals surface area (Å²) < 4.78 is 5.30. The first-order valence-electron chi connectivity index (χ1n) is 9.35. The van der Waals surface area contributed by atoms with E-state index < -0.39 is 23.2 Å². The molecule has 0 saturated carbocycles. The van der Waals surface area contributed by atoms with Crippen molar-refractivity contribution in [3.05, 3.63) is 35.9 Å². The highest BCUT2D eigenvalue weighted by atomic mass is 16.6. The standard InChI is InChI=1S/C21H29N3O3/c1-20(2,3)27-18(25)15-24-13-12-21(4,19(24)26)23-17(14-22)11-10-16-8-6-5-7-9-16/h5-9,17,23H,10-13,15H2,1-4H3. The fraction of sp³-hybridized carbons (Fsp3) is 0.571. The quantitative estimate of drug-likeness (QED) is 0.745. The van der Waals surface area contributed by atoms with Crippen LogP contribution in [0.15, 0.2) is 30.3 Å². The molecule has 1 aromatic rings. The van der Waals surface area contributed by atoms with Crippen molar-refractivity contribution in [2.75, 3.05) is 13.1 Å². The van der Waals surface area contributed by atoms with E-state index in [9.17, 15) is 14.9 Å². The maximum atomic E-state index is 12.8. The number of esters is 1. The molecule has 1 aliphatic rings. The SMILES string of the molecule is CC(C)(C)OC(=O)CN1CCC(C)(NC(C#N)CCc2ccccc2)C1=O. The van der Waals surface area contributed by atoms with Crippen LogP contribution in [0.2, 0.25) is 0 Å². The van der Waals surface area contributed by atoms with Gasteiger partial charge < -0.3 is 9.64 Å². The van der Waals surface area contributed by atoms with Crippen LogP contribution in [-0.2, 0) is 20.7 Å². The molecule has 2 rings (SSSR count). The van der Waals surface area contributed by atoms with Crippen LogP contribution in [0.25, 0.3) is 0 Å². The number of carbonyl (C=O) groups excluding carboxylic acids is 2. The number of aryl methyl sites for hydroxylation is 1. The van der Waals surface area contributed by atoms with Crippen LogP contribution in [0, 0.1) is 11.3 Å². The Morgan fingerprint density at radius 3 is 2.63 bits per heavy atom. The van der Waals surface area contributed by atoms with Gasteiger partial charge in [-0.05, 0) is 52.5 Å². The van der Waals surface area contributed by atoms with Gasteiger partial charge in [-0.15, -0.1) is 0 Å². The summed E-state index contributed by atoms with van der Waals surface area (Å²) in [5.41, 5.74) is -0.252. The molecule has 6 nitrogen and oxygen atoms in total. The summed E-state index contributed by atoms with van der Waals surface area (Å²) in [5.74, 6) is -0.575. The fourth-order valence-corrected chi connectivity index (χ4v) is 3.24. The lowest BCUT2D eigenvalue weighted by Crippen LogP contribution is -2.53. The number of hydrogen-bond donors (Lipinski definition) is 1. The number of nitrogens with one attached hydrogen (secondary N) is 1. The van der Waals surface area contributed by atoms with Gasteiger partial charge in [0.1, 0.15) is 12.1 Å². The smallest absolute Gasteiger partial charge is 0.326 e. The maximum Gasteiger partial charge on any atom is 0.326 e. The number of rotatable bonds is 7. The third-order valence-electron chi connectivity index (χ3n) is 4.59. The Bertz CT molecular complexity index is 706.